The van der Waals surface area contributed by atoms with Gasteiger partial charge in [-0.2, -0.15) is 0 Å². The molecule has 0 radical (unpaired) electrons. The molecule has 0 spiro atoms. The van der Waals surface area contributed by atoms with Crippen molar-refractivity contribution in [2.75, 3.05) is 46.5 Å². The maximum absolute atomic E-state index is 13.6. The van der Waals surface area contributed by atoms with Gasteiger partial charge in [0.1, 0.15) is 6.61 Å². The Morgan fingerprint density at radius 3 is 2.35 bits per heavy atom. The Labute approximate surface area is 246 Å². The van der Waals surface area contributed by atoms with Gasteiger partial charge in [0.05, 0.1) is 68.9 Å². The maximum Gasteiger partial charge on any atom is 0.416 e. The summed E-state index contributed by atoms with van der Waals surface area (Å²) in [7, 11) is 5.41. The Hall–Kier alpha value is -4.79. The number of hydrogen-bond donors (Lipinski definition) is 1. The molecule has 0 aliphatic carbocycles. The molecule has 2 atom stereocenters. The molecule has 43 heavy (non-hydrogen) atoms. The molecule has 15 heteroatoms. The van der Waals surface area contributed by atoms with Crippen molar-refractivity contribution in [3.63, 3.8) is 0 Å². The van der Waals surface area contributed by atoms with Crippen LogP contribution in [0.25, 0.3) is 0 Å². The fraction of sp³-hybridized carbons (Fsp3) is 0.464. The molecule has 0 saturated carbocycles. The van der Waals surface area contributed by atoms with Crippen molar-refractivity contribution < 1.29 is 52.8 Å². The molecule has 2 aromatic carbocycles. The van der Waals surface area contributed by atoms with E-state index in [-0.39, 0.29) is 52.8 Å². The second kappa shape index (κ2) is 13.5. The SMILES string of the molecule is COC(=O)CCCOc1cc([N+](=O)[O-])c(COC(=O)N2c3cc(OC)c(OC)cc3C(=O)N3CCC[C@H]3[C@@H]2O)cc1OC. The van der Waals surface area contributed by atoms with Crippen LogP contribution in [0, 0.1) is 10.1 Å². The third kappa shape index (κ3) is 6.35. The summed E-state index contributed by atoms with van der Waals surface area (Å²) in [6.45, 7) is -0.114. The molecule has 4 rings (SSSR count). The quantitative estimate of drug-likeness (QED) is 0.172. The predicted octanol–water partition coefficient (Wildman–Crippen LogP) is 3.03. The normalized spacial score (nSPS) is 17.4. The summed E-state index contributed by atoms with van der Waals surface area (Å²) in [4.78, 5) is 52.1. The molecule has 2 aliphatic heterocycles. The lowest BCUT2D eigenvalue weighted by molar-refractivity contribution is -0.385. The van der Waals surface area contributed by atoms with Crippen LogP contribution in [0.1, 0.15) is 41.6 Å². The van der Waals surface area contributed by atoms with Crippen molar-refractivity contribution in [1.29, 1.82) is 0 Å². The number of aliphatic hydroxyl groups excluding tert-OH is 1. The topological polar surface area (TPSA) is 176 Å². The van der Waals surface area contributed by atoms with Crippen LogP contribution in [-0.2, 0) is 20.9 Å². The number of carbonyl (C=O) groups is 3. The highest BCUT2D eigenvalue weighted by Crippen LogP contribution is 2.41. The van der Waals surface area contributed by atoms with Crippen molar-refractivity contribution in [2.24, 2.45) is 0 Å². The summed E-state index contributed by atoms with van der Waals surface area (Å²) in [6, 6.07) is 4.58. The van der Waals surface area contributed by atoms with Gasteiger partial charge in [-0.3, -0.25) is 19.7 Å². The zero-order valence-corrected chi connectivity index (χ0v) is 24.2. The number of methoxy groups -OCH3 is 4. The lowest BCUT2D eigenvalue weighted by atomic mass is 10.1. The number of benzene rings is 2. The van der Waals surface area contributed by atoms with E-state index in [2.05, 4.69) is 4.74 Å². The van der Waals surface area contributed by atoms with Crippen LogP contribution in [0.4, 0.5) is 16.2 Å². The first-order valence-corrected chi connectivity index (χ1v) is 13.4. The minimum atomic E-state index is -1.47. The van der Waals surface area contributed by atoms with Crippen molar-refractivity contribution in [1.82, 2.24) is 4.90 Å². The largest absolute Gasteiger partial charge is 0.493 e. The molecule has 2 heterocycles. The van der Waals surface area contributed by atoms with Gasteiger partial charge in [-0.15, -0.1) is 0 Å². The van der Waals surface area contributed by atoms with E-state index >= 15 is 0 Å². The van der Waals surface area contributed by atoms with Crippen LogP contribution in [0.3, 0.4) is 0 Å². The Balaban J connectivity index is 1.62. The van der Waals surface area contributed by atoms with Crippen LogP contribution < -0.4 is 23.8 Å². The van der Waals surface area contributed by atoms with Crippen LogP contribution in [-0.4, -0.2) is 86.8 Å². The molecular formula is C28H33N3O12. The first kappa shape index (κ1) is 31.2. The highest BCUT2D eigenvalue weighted by molar-refractivity contribution is 6.06. The Bertz CT molecular complexity index is 1400. The Morgan fingerprint density at radius 1 is 1.02 bits per heavy atom. The molecule has 0 aromatic heterocycles. The van der Waals surface area contributed by atoms with E-state index in [1.165, 1.54) is 51.5 Å². The second-order valence-corrected chi connectivity index (χ2v) is 9.69. The Morgan fingerprint density at radius 2 is 1.70 bits per heavy atom. The summed E-state index contributed by atoms with van der Waals surface area (Å²) in [6.07, 6.45) is -1.03. The number of amides is 2. The highest BCUT2D eigenvalue weighted by Gasteiger charge is 2.45. The molecule has 232 valence electrons. The lowest BCUT2D eigenvalue weighted by Gasteiger charge is -2.31. The zero-order chi connectivity index (χ0) is 31.3. The summed E-state index contributed by atoms with van der Waals surface area (Å²) in [5.74, 6) is -0.145. The van der Waals surface area contributed by atoms with E-state index < -0.39 is 47.5 Å². The number of ether oxygens (including phenoxy) is 6. The van der Waals surface area contributed by atoms with Gasteiger partial charge in [-0.25, -0.2) is 9.69 Å². The minimum Gasteiger partial charge on any atom is -0.493 e. The molecule has 0 unspecified atom stereocenters. The molecule has 2 aliphatic rings. The van der Waals surface area contributed by atoms with E-state index in [0.717, 1.165) is 11.0 Å². The summed E-state index contributed by atoms with van der Waals surface area (Å²) < 4.78 is 31.7. The number of hydrogen-bond acceptors (Lipinski definition) is 12. The molecule has 2 aromatic rings. The average Bonchev–Trinajstić information content (AvgIpc) is 3.48. The minimum absolute atomic E-state index is 0.00692. The van der Waals surface area contributed by atoms with E-state index in [0.29, 0.717) is 25.8 Å². The maximum atomic E-state index is 13.6. The molecule has 1 saturated heterocycles. The summed E-state index contributed by atoms with van der Waals surface area (Å²) >= 11 is 0. The lowest BCUT2D eigenvalue weighted by Crippen LogP contribution is -2.50. The van der Waals surface area contributed by atoms with E-state index in [4.69, 9.17) is 23.7 Å². The van der Waals surface area contributed by atoms with Gasteiger partial charge in [0, 0.05) is 19.0 Å². The Kier molecular flexibility index (Phi) is 9.75. The first-order valence-electron chi connectivity index (χ1n) is 13.4. The average molecular weight is 604 g/mol. The molecule has 2 amide bonds. The van der Waals surface area contributed by atoms with Gasteiger partial charge in [0.25, 0.3) is 11.6 Å². The van der Waals surface area contributed by atoms with Gasteiger partial charge in [0.15, 0.2) is 29.2 Å². The van der Waals surface area contributed by atoms with Gasteiger partial charge in [0.2, 0.25) is 0 Å². The van der Waals surface area contributed by atoms with Gasteiger partial charge in [-0.05, 0) is 31.4 Å². The monoisotopic (exact) mass is 603 g/mol. The fourth-order valence-corrected chi connectivity index (χ4v) is 5.13. The third-order valence-electron chi connectivity index (χ3n) is 7.28. The smallest absolute Gasteiger partial charge is 0.416 e. The molecular weight excluding hydrogens is 570 g/mol. The number of fused-ring (bicyclic) bond motifs is 2. The molecule has 0 bridgehead atoms. The first-order chi connectivity index (χ1) is 20.6. The summed E-state index contributed by atoms with van der Waals surface area (Å²) in [5, 5.41) is 23.3. The molecule has 15 nitrogen and oxygen atoms in total. The number of aliphatic hydroxyl groups is 1. The highest BCUT2D eigenvalue weighted by atomic mass is 16.6. The van der Waals surface area contributed by atoms with Crippen LogP contribution >= 0.6 is 0 Å². The number of esters is 1. The van der Waals surface area contributed by atoms with E-state index in [1.807, 2.05) is 0 Å². The number of nitrogens with zero attached hydrogens (tertiary/aromatic N) is 3. The number of nitro groups is 1. The fourth-order valence-electron chi connectivity index (χ4n) is 5.13. The van der Waals surface area contributed by atoms with Gasteiger partial charge < -0.3 is 38.4 Å². The van der Waals surface area contributed by atoms with Crippen LogP contribution in [0.5, 0.6) is 23.0 Å². The number of carbonyl (C=O) groups excluding carboxylic acids is 3. The van der Waals surface area contributed by atoms with Crippen molar-refractivity contribution in [3.05, 3.63) is 45.5 Å². The van der Waals surface area contributed by atoms with Gasteiger partial charge >= 0.3 is 12.1 Å². The number of rotatable bonds is 11. The molecule has 1 fully saturated rings. The van der Waals surface area contributed by atoms with Crippen molar-refractivity contribution in [3.8, 4) is 23.0 Å². The van der Waals surface area contributed by atoms with E-state index in [9.17, 15) is 29.6 Å². The summed E-state index contributed by atoms with van der Waals surface area (Å²) in [5.41, 5.74) is -0.277. The van der Waals surface area contributed by atoms with Crippen LogP contribution in [0.2, 0.25) is 0 Å². The predicted molar refractivity (Wildman–Crippen MR) is 149 cm³/mol. The van der Waals surface area contributed by atoms with Crippen molar-refractivity contribution in [2.45, 2.75) is 44.6 Å². The van der Waals surface area contributed by atoms with Crippen LogP contribution in [0.15, 0.2) is 24.3 Å². The van der Waals surface area contributed by atoms with E-state index in [1.54, 1.807) is 0 Å². The van der Waals surface area contributed by atoms with Gasteiger partial charge in [-0.1, -0.05) is 0 Å². The van der Waals surface area contributed by atoms with Crippen molar-refractivity contribution >= 4 is 29.3 Å². The standard InChI is InChI=1S/C28H33N3O12/c1-38-21-11-16(19(31(36)37)13-24(21)42-10-6-8-25(32)41-4)15-43-28(35)30-20-14-23(40-3)22(39-2)12-17(20)26(33)29-9-5-7-18(29)27(30)34/h11-14,18,27,34H,5-10,15H2,1-4H3/t18-,27-/m0/s1. The second-order valence-electron chi connectivity index (χ2n) is 9.69. The number of anilines is 1. The number of nitro benzene ring substituents is 1. The third-order valence-corrected chi connectivity index (χ3v) is 7.28. The zero-order valence-electron chi connectivity index (χ0n) is 24.2. The molecule has 1 N–H and O–H groups in total.